The van der Waals surface area contributed by atoms with Crippen LogP contribution in [-0.2, 0) is 14.4 Å². The number of carbonyl (C=O) groups is 1. The first kappa shape index (κ1) is 20.2. The van der Waals surface area contributed by atoms with Crippen molar-refractivity contribution in [3.8, 4) is 0 Å². The highest BCUT2D eigenvalue weighted by molar-refractivity contribution is 5.93. The molecule has 0 aliphatic carbocycles. The topological polar surface area (TPSA) is 103 Å². The Labute approximate surface area is 157 Å². The van der Waals surface area contributed by atoms with E-state index in [1.54, 1.807) is 25.3 Å². The van der Waals surface area contributed by atoms with E-state index in [-0.39, 0.29) is 12.3 Å². The first-order valence-electron chi connectivity index (χ1n) is 8.54. The van der Waals surface area contributed by atoms with Crippen molar-refractivity contribution in [1.29, 1.82) is 0 Å². The molecule has 1 aliphatic heterocycles. The fourth-order valence-electron chi connectivity index (χ4n) is 3.15. The van der Waals surface area contributed by atoms with Gasteiger partial charge in [-0.1, -0.05) is 17.3 Å². The van der Waals surface area contributed by atoms with E-state index in [1.165, 1.54) is 19.2 Å². The van der Waals surface area contributed by atoms with Crippen LogP contribution in [0.25, 0.3) is 0 Å². The molecule has 0 spiro atoms. The second-order valence-electron chi connectivity index (χ2n) is 5.99. The minimum atomic E-state index is -0.452. The van der Waals surface area contributed by atoms with Crippen LogP contribution in [-0.4, -0.2) is 30.8 Å². The van der Waals surface area contributed by atoms with Gasteiger partial charge in [0.1, 0.15) is 7.11 Å². The molecule has 1 aliphatic rings. The number of oxime groups is 1. The van der Waals surface area contributed by atoms with Crippen LogP contribution in [0, 0.1) is 10.1 Å². The van der Waals surface area contributed by atoms with Gasteiger partial charge in [0.05, 0.1) is 17.1 Å². The Balaban J connectivity index is 2.55. The lowest BCUT2D eigenvalue weighted by Gasteiger charge is -2.31. The number of nitro groups is 1. The van der Waals surface area contributed by atoms with Crippen molar-refractivity contribution in [2.24, 2.45) is 5.16 Å². The predicted molar refractivity (Wildman–Crippen MR) is 101 cm³/mol. The molecular weight excluding hydrogens is 350 g/mol. The summed E-state index contributed by atoms with van der Waals surface area (Å²) in [6.07, 6.45) is 2.06. The Morgan fingerprint density at radius 2 is 1.96 bits per heavy atom. The summed E-state index contributed by atoms with van der Waals surface area (Å²) in [5, 5.41) is 18.0. The number of hydrogen-bond donors (Lipinski definition) is 1. The van der Waals surface area contributed by atoms with Crippen molar-refractivity contribution in [1.82, 2.24) is 5.32 Å². The van der Waals surface area contributed by atoms with Crippen LogP contribution in [0.1, 0.15) is 38.7 Å². The molecule has 0 saturated heterocycles. The van der Waals surface area contributed by atoms with E-state index in [4.69, 9.17) is 9.57 Å². The van der Waals surface area contributed by atoms with E-state index in [1.807, 2.05) is 13.8 Å². The molecule has 27 heavy (non-hydrogen) atoms. The van der Waals surface area contributed by atoms with Crippen molar-refractivity contribution in [2.45, 2.75) is 33.1 Å². The Morgan fingerprint density at radius 3 is 2.52 bits per heavy atom. The summed E-state index contributed by atoms with van der Waals surface area (Å²) in [5.74, 6) is -0.811. The van der Waals surface area contributed by atoms with Gasteiger partial charge in [0.2, 0.25) is 0 Å². The second kappa shape index (κ2) is 8.98. The number of non-ortho nitro benzene ring substituents is 1. The third kappa shape index (κ3) is 4.52. The minimum absolute atomic E-state index is 0.00531. The highest BCUT2D eigenvalue weighted by Gasteiger charge is 2.33. The number of nitrogens with zero attached hydrogens (tertiary/aromatic N) is 2. The molecule has 1 heterocycles. The van der Waals surface area contributed by atoms with Crippen molar-refractivity contribution in [2.75, 3.05) is 13.7 Å². The van der Waals surface area contributed by atoms with Gasteiger partial charge in [-0.25, -0.2) is 4.79 Å². The van der Waals surface area contributed by atoms with Crippen LogP contribution >= 0.6 is 0 Å². The maximum absolute atomic E-state index is 12.6. The van der Waals surface area contributed by atoms with Gasteiger partial charge in [0.15, 0.2) is 0 Å². The normalized spacial score (nSPS) is 17.1. The molecule has 1 atom stereocenters. The maximum Gasteiger partial charge on any atom is 0.336 e. The van der Waals surface area contributed by atoms with Gasteiger partial charge in [0, 0.05) is 42.1 Å². The van der Waals surface area contributed by atoms with Crippen LogP contribution in [0.3, 0.4) is 0 Å². The van der Waals surface area contributed by atoms with E-state index < -0.39 is 16.8 Å². The van der Waals surface area contributed by atoms with Crippen LogP contribution in [0.15, 0.2) is 52.0 Å². The third-order valence-electron chi connectivity index (χ3n) is 4.32. The first-order chi connectivity index (χ1) is 12.9. The molecule has 0 saturated carbocycles. The van der Waals surface area contributed by atoms with Gasteiger partial charge >= 0.3 is 5.97 Å². The molecule has 0 aromatic heterocycles. The van der Waals surface area contributed by atoms with Gasteiger partial charge in [-0.3, -0.25) is 10.1 Å². The number of nitrogens with one attached hydrogen (secondary N) is 1. The summed E-state index contributed by atoms with van der Waals surface area (Å²) in [5.41, 5.74) is 3.75. The minimum Gasteiger partial charge on any atom is -0.463 e. The molecule has 0 fully saturated rings. The summed E-state index contributed by atoms with van der Waals surface area (Å²) >= 11 is 0. The fraction of sp³-hybridized carbons (Fsp3) is 0.368. The van der Waals surface area contributed by atoms with E-state index in [0.717, 1.165) is 16.8 Å². The quantitative estimate of drug-likeness (QED) is 0.340. The number of ether oxygens (including phenoxy) is 1. The molecule has 0 amide bonds. The summed E-state index contributed by atoms with van der Waals surface area (Å²) in [6, 6.07) is 6.21. The monoisotopic (exact) mass is 373 g/mol. The molecule has 1 aromatic carbocycles. The van der Waals surface area contributed by atoms with Gasteiger partial charge in [-0.2, -0.15) is 0 Å². The largest absolute Gasteiger partial charge is 0.463 e. The van der Waals surface area contributed by atoms with Gasteiger partial charge < -0.3 is 14.9 Å². The molecule has 144 valence electrons. The highest BCUT2D eigenvalue weighted by Crippen LogP contribution is 2.40. The Morgan fingerprint density at radius 1 is 1.30 bits per heavy atom. The van der Waals surface area contributed by atoms with E-state index >= 15 is 0 Å². The van der Waals surface area contributed by atoms with Gasteiger partial charge in [-0.15, -0.1) is 0 Å². The van der Waals surface area contributed by atoms with Crippen molar-refractivity contribution < 1.29 is 19.3 Å². The maximum atomic E-state index is 12.6. The average molecular weight is 373 g/mol. The summed E-state index contributed by atoms with van der Waals surface area (Å²) in [6.45, 7) is 5.73. The van der Waals surface area contributed by atoms with Gasteiger partial charge in [0.25, 0.3) is 5.69 Å². The van der Waals surface area contributed by atoms with Crippen molar-refractivity contribution in [3.63, 3.8) is 0 Å². The standard InChI is InChI=1S/C19H23N3O5/c1-5-27-19(23)17-13(3)21-12(2)16(10-11-20-26-4)18(17)14-6-8-15(9-7-14)22(24)25/h6-9,11,18,21H,5,10H2,1-4H3. The summed E-state index contributed by atoms with van der Waals surface area (Å²) in [7, 11) is 1.46. The average Bonchev–Trinajstić information content (AvgIpc) is 2.63. The zero-order valence-corrected chi connectivity index (χ0v) is 15.8. The molecule has 0 radical (unpaired) electrons. The second-order valence-corrected chi connectivity index (χ2v) is 5.99. The predicted octanol–water partition coefficient (Wildman–Crippen LogP) is 3.42. The molecule has 2 rings (SSSR count). The van der Waals surface area contributed by atoms with Crippen LogP contribution in [0.5, 0.6) is 0 Å². The van der Waals surface area contributed by atoms with Crippen LogP contribution in [0.4, 0.5) is 5.69 Å². The lowest BCUT2D eigenvalue weighted by atomic mass is 9.79. The lowest BCUT2D eigenvalue weighted by Crippen LogP contribution is -2.29. The SMILES string of the molecule is CCOC(=O)C1=C(C)NC(C)=C(CC=NOC)C1c1ccc([N+](=O)[O-])cc1. The number of benzene rings is 1. The number of hydrogen-bond acceptors (Lipinski definition) is 7. The number of carbonyl (C=O) groups excluding carboxylic acids is 1. The Bertz CT molecular complexity index is 809. The van der Waals surface area contributed by atoms with Gasteiger partial charge in [-0.05, 0) is 31.9 Å². The molecule has 8 nitrogen and oxygen atoms in total. The molecule has 0 bridgehead atoms. The molecule has 1 aromatic rings. The number of dihydropyridines is 1. The number of nitro benzene ring substituents is 1. The zero-order valence-electron chi connectivity index (χ0n) is 15.8. The lowest BCUT2D eigenvalue weighted by molar-refractivity contribution is -0.384. The molecule has 1 N–H and O–H groups in total. The summed E-state index contributed by atoms with van der Waals surface area (Å²) < 4.78 is 5.25. The van der Waals surface area contributed by atoms with Crippen LogP contribution in [0.2, 0.25) is 0 Å². The molecule has 1 unspecified atom stereocenters. The summed E-state index contributed by atoms with van der Waals surface area (Å²) in [4.78, 5) is 27.9. The Hall–Kier alpha value is -3.16. The third-order valence-corrected chi connectivity index (χ3v) is 4.32. The van der Waals surface area contributed by atoms with E-state index in [9.17, 15) is 14.9 Å². The number of esters is 1. The van der Waals surface area contributed by atoms with Crippen molar-refractivity contribution >= 4 is 17.9 Å². The van der Waals surface area contributed by atoms with E-state index in [2.05, 4.69) is 10.5 Å². The number of allylic oxidation sites excluding steroid dienone is 3. The Kier molecular flexibility index (Phi) is 6.70. The first-order valence-corrected chi connectivity index (χ1v) is 8.54. The molecular formula is C19H23N3O5. The smallest absolute Gasteiger partial charge is 0.336 e. The fourth-order valence-corrected chi connectivity index (χ4v) is 3.15. The zero-order chi connectivity index (χ0) is 20.0. The van der Waals surface area contributed by atoms with Crippen LogP contribution < -0.4 is 5.32 Å². The molecule has 8 heteroatoms. The van der Waals surface area contributed by atoms with E-state index in [0.29, 0.717) is 17.7 Å². The van der Waals surface area contributed by atoms with Crippen molar-refractivity contribution in [3.05, 3.63) is 62.5 Å². The highest BCUT2D eigenvalue weighted by atomic mass is 16.6. The number of rotatable bonds is 7.